The second kappa shape index (κ2) is 12.8. The molecule has 1 atom stereocenters. The lowest BCUT2D eigenvalue weighted by atomic mass is 9.88. The Balaban J connectivity index is 1.34. The van der Waals surface area contributed by atoms with Crippen LogP contribution < -0.4 is 0 Å². The zero-order chi connectivity index (χ0) is 33.0. The van der Waals surface area contributed by atoms with Gasteiger partial charge >= 0.3 is 5.97 Å². The minimum absolute atomic E-state index is 0.0154. The normalized spacial score (nSPS) is 19.4. The number of ether oxygens (including phenoxy) is 1. The van der Waals surface area contributed by atoms with Gasteiger partial charge in [-0.15, -0.1) is 11.8 Å². The highest BCUT2D eigenvalue weighted by Crippen LogP contribution is 2.43. The molecule has 0 fully saturated rings. The second-order valence-corrected chi connectivity index (χ2v) is 14.4. The molecule has 0 radical (unpaired) electrons. The van der Waals surface area contributed by atoms with Crippen molar-refractivity contribution in [1.29, 1.82) is 0 Å². The molecule has 9 nitrogen and oxygen atoms in total. The number of nitrogens with zero attached hydrogens (tertiary/aromatic N) is 6. The van der Waals surface area contributed by atoms with E-state index in [2.05, 4.69) is 36.2 Å². The van der Waals surface area contributed by atoms with Gasteiger partial charge in [0.1, 0.15) is 5.69 Å². The van der Waals surface area contributed by atoms with E-state index < -0.39 is 5.97 Å². The summed E-state index contributed by atoms with van der Waals surface area (Å²) in [5, 5.41) is 21.7. The fourth-order valence-corrected chi connectivity index (χ4v) is 8.78. The maximum atomic E-state index is 12.8. The van der Waals surface area contributed by atoms with Crippen LogP contribution >= 0.6 is 23.4 Å². The standard InChI is InChI=1S/C36H41ClN6O3S/c1-21-32-30-12-11-28(37)34(32)33-22(2)41(4)39-29(33)19-40(3)18-24-16-25(42(5)38-24)20-47-26-15-23-9-6-7-10-27(23)31(17-26)46-14-8-13-43(30)35(21)36(44)45/h7,10-12,15-16,31H,6,8-9,13-14,17-20H2,1-5H3,(H,44,45). The number of carbonyl (C=O) groups is 1. The second-order valence-electron chi connectivity index (χ2n) is 12.9. The molecule has 0 saturated heterocycles. The first-order chi connectivity index (χ1) is 22.6. The molecule has 4 heterocycles. The predicted molar refractivity (Wildman–Crippen MR) is 188 cm³/mol. The average molecular weight is 673 g/mol. The van der Waals surface area contributed by atoms with E-state index in [-0.39, 0.29) is 11.8 Å². The van der Waals surface area contributed by atoms with E-state index in [0.717, 1.165) is 64.1 Å². The first kappa shape index (κ1) is 32.0. The van der Waals surface area contributed by atoms with Crippen molar-refractivity contribution >= 4 is 40.2 Å². The van der Waals surface area contributed by atoms with Gasteiger partial charge in [-0.2, -0.15) is 10.2 Å². The highest BCUT2D eigenvalue weighted by molar-refractivity contribution is 8.02. The third-order valence-electron chi connectivity index (χ3n) is 9.73. The zero-order valence-electron chi connectivity index (χ0n) is 27.6. The number of halogens is 1. The SMILES string of the molecule is Cc1c(C(=O)O)n2c3ccc(Cl)c(c13)-c1c(nn(C)c1C)CN(C)Cc1cc(n(C)n1)CSC1=CC3=C(C=CCC3)C(C1)OCCC2. The Kier molecular flexibility index (Phi) is 8.72. The summed E-state index contributed by atoms with van der Waals surface area (Å²) in [6.07, 6.45) is 10.4. The van der Waals surface area contributed by atoms with Crippen molar-refractivity contribution in [1.82, 2.24) is 29.0 Å². The van der Waals surface area contributed by atoms with Gasteiger partial charge in [0, 0.05) is 91.0 Å². The van der Waals surface area contributed by atoms with Crippen molar-refractivity contribution in [2.45, 2.75) is 71.0 Å². The number of benzene rings is 1. The summed E-state index contributed by atoms with van der Waals surface area (Å²) in [4.78, 5) is 16.3. The smallest absolute Gasteiger partial charge is 0.352 e. The number of aromatic nitrogens is 5. The first-order valence-corrected chi connectivity index (χ1v) is 17.6. The van der Waals surface area contributed by atoms with E-state index in [0.29, 0.717) is 43.2 Å². The summed E-state index contributed by atoms with van der Waals surface area (Å²) in [6.45, 7) is 6.21. The lowest BCUT2D eigenvalue weighted by Crippen LogP contribution is -2.22. The van der Waals surface area contributed by atoms with E-state index in [1.807, 2.05) is 65.8 Å². The summed E-state index contributed by atoms with van der Waals surface area (Å²) in [5.74, 6) is -0.113. The predicted octanol–water partition coefficient (Wildman–Crippen LogP) is 7.33. The molecule has 3 aliphatic rings. The number of aromatic carboxylic acids is 1. The molecule has 8 bridgehead atoms. The number of hydrogen-bond acceptors (Lipinski definition) is 6. The number of carboxylic acids is 1. The van der Waals surface area contributed by atoms with Crippen molar-refractivity contribution in [3.05, 3.63) is 91.5 Å². The Hall–Kier alpha value is -3.57. The lowest BCUT2D eigenvalue weighted by Gasteiger charge is -2.29. The highest BCUT2D eigenvalue weighted by Gasteiger charge is 2.29. The van der Waals surface area contributed by atoms with Gasteiger partial charge in [0.25, 0.3) is 0 Å². The van der Waals surface area contributed by atoms with Gasteiger partial charge in [-0.1, -0.05) is 23.8 Å². The minimum Gasteiger partial charge on any atom is -0.477 e. The number of aryl methyl sites for hydroxylation is 4. The fourth-order valence-electron chi connectivity index (χ4n) is 7.43. The third-order valence-corrected chi connectivity index (χ3v) is 11.1. The molecule has 1 aliphatic heterocycles. The van der Waals surface area contributed by atoms with Crippen molar-refractivity contribution in [3.8, 4) is 11.1 Å². The topological polar surface area (TPSA) is 90.3 Å². The highest BCUT2D eigenvalue weighted by atomic mass is 35.5. The molecule has 3 aromatic heterocycles. The molecule has 1 aromatic carbocycles. The summed E-state index contributed by atoms with van der Waals surface area (Å²) in [6, 6.07) is 6.05. The molecule has 2 aliphatic carbocycles. The number of allylic oxidation sites excluding steroid dienone is 3. The minimum atomic E-state index is -0.949. The molecule has 1 N–H and O–H groups in total. The van der Waals surface area contributed by atoms with Crippen LogP contribution in [0.15, 0.2) is 52.5 Å². The van der Waals surface area contributed by atoms with Crippen LogP contribution in [-0.2, 0) is 44.2 Å². The molecule has 1 unspecified atom stereocenters. The average Bonchev–Trinajstić information content (AvgIpc) is 3.62. The summed E-state index contributed by atoms with van der Waals surface area (Å²) < 4.78 is 12.4. The Morgan fingerprint density at radius 2 is 1.94 bits per heavy atom. The lowest BCUT2D eigenvalue weighted by molar-refractivity contribution is 0.0671. The van der Waals surface area contributed by atoms with E-state index in [1.165, 1.54) is 21.7 Å². The number of fused-ring (bicyclic) bond motifs is 7. The van der Waals surface area contributed by atoms with Gasteiger partial charge in [0.05, 0.1) is 17.5 Å². The van der Waals surface area contributed by atoms with Crippen molar-refractivity contribution in [3.63, 3.8) is 0 Å². The third kappa shape index (κ3) is 5.90. The molecule has 0 saturated carbocycles. The molecule has 11 heteroatoms. The van der Waals surface area contributed by atoms with E-state index in [4.69, 9.17) is 26.5 Å². The van der Waals surface area contributed by atoms with E-state index in [9.17, 15) is 9.90 Å². The van der Waals surface area contributed by atoms with Crippen molar-refractivity contribution in [2.75, 3.05) is 13.7 Å². The van der Waals surface area contributed by atoms with Gasteiger partial charge in [-0.3, -0.25) is 14.3 Å². The molecule has 4 aromatic rings. The van der Waals surface area contributed by atoms with Crippen LogP contribution in [0.2, 0.25) is 5.02 Å². The largest absolute Gasteiger partial charge is 0.477 e. The maximum absolute atomic E-state index is 12.8. The Labute approximate surface area is 284 Å². The molecular formula is C36H41ClN6O3S. The molecule has 47 heavy (non-hydrogen) atoms. The number of rotatable bonds is 1. The summed E-state index contributed by atoms with van der Waals surface area (Å²) in [7, 11) is 6.04. The number of carboxylic acid groups (broad SMARTS) is 1. The van der Waals surface area contributed by atoms with Gasteiger partial charge in [-0.25, -0.2) is 4.79 Å². The van der Waals surface area contributed by atoms with Crippen molar-refractivity contribution in [2.24, 2.45) is 14.1 Å². The van der Waals surface area contributed by atoms with Crippen molar-refractivity contribution < 1.29 is 14.6 Å². The summed E-state index contributed by atoms with van der Waals surface area (Å²) >= 11 is 8.89. The monoisotopic (exact) mass is 672 g/mol. The summed E-state index contributed by atoms with van der Waals surface area (Å²) in [5.41, 5.74) is 10.3. The van der Waals surface area contributed by atoms with Crippen LogP contribution in [0.4, 0.5) is 0 Å². The quantitative estimate of drug-likeness (QED) is 0.226. The van der Waals surface area contributed by atoms with E-state index in [1.54, 1.807) is 0 Å². The fraction of sp³-hybridized carbons (Fsp3) is 0.417. The number of thioether (sulfide) groups is 1. The Morgan fingerprint density at radius 3 is 2.74 bits per heavy atom. The maximum Gasteiger partial charge on any atom is 0.352 e. The Morgan fingerprint density at radius 1 is 1.11 bits per heavy atom. The van der Waals surface area contributed by atoms with Gasteiger partial charge < -0.3 is 14.4 Å². The molecular weight excluding hydrogens is 632 g/mol. The molecule has 0 amide bonds. The van der Waals surface area contributed by atoms with Gasteiger partial charge in [0.2, 0.25) is 0 Å². The molecule has 7 rings (SSSR count). The van der Waals surface area contributed by atoms with Crippen LogP contribution in [0.1, 0.15) is 64.5 Å². The number of hydrogen-bond donors (Lipinski definition) is 1. The first-order valence-electron chi connectivity index (χ1n) is 16.2. The molecule has 246 valence electrons. The van der Waals surface area contributed by atoms with Crippen LogP contribution in [-0.4, -0.2) is 59.9 Å². The van der Waals surface area contributed by atoms with Gasteiger partial charge in [-0.05, 0) is 86.0 Å². The molecule has 0 spiro atoms. The van der Waals surface area contributed by atoms with E-state index >= 15 is 0 Å². The van der Waals surface area contributed by atoms with Crippen LogP contribution in [0.3, 0.4) is 0 Å². The Bertz CT molecular complexity index is 2000. The van der Waals surface area contributed by atoms with Gasteiger partial charge in [0.15, 0.2) is 0 Å². The van der Waals surface area contributed by atoms with Crippen LogP contribution in [0.25, 0.3) is 22.0 Å². The van der Waals surface area contributed by atoms with Crippen LogP contribution in [0, 0.1) is 13.8 Å². The zero-order valence-corrected chi connectivity index (χ0v) is 29.2. The van der Waals surface area contributed by atoms with Crippen LogP contribution in [0.5, 0.6) is 0 Å².